The van der Waals surface area contributed by atoms with Gasteiger partial charge in [-0.2, -0.15) is 0 Å². The van der Waals surface area contributed by atoms with E-state index in [1.54, 1.807) is 14.2 Å². The van der Waals surface area contributed by atoms with Crippen LogP contribution in [0.5, 0.6) is 11.5 Å². The number of carbonyl (C=O) groups is 1. The van der Waals surface area contributed by atoms with E-state index in [-0.39, 0.29) is 41.5 Å². The van der Waals surface area contributed by atoms with Crippen LogP contribution in [0.1, 0.15) is 71.9 Å². The third-order valence-corrected chi connectivity index (χ3v) is 9.36. The van der Waals surface area contributed by atoms with E-state index in [9.17, 15) is 9.90 Å². The number of hydrogen-bond acceptors (Lipinski definition) is 6. The first-order chi connectivity index (χ1) is 22.3. The van der Waals surface area contributed by atoms with Crippen LogP contribution in [-0.2, 0) is 22.4 Å². The maximum absolute atomic E-state index is 13.5. The molecule has 1 amide bonds. The van der Waals surface area contributed by atoms with Crippen molar-refractivity contribution in [3.05, 3.63) is 71.8 Å². The highest BCUT2D eigenvalue weighted by Crippen LogP contribution is 2.32. The largest absolute Gasteiger partial charge is 0.493 e. The van der Waals surface area contributed by atoms with Crippen molar-refractivity contribution >= 4 is 29.1 Å². The van der Waals surface area contributed by atoms with Crippen LogP contribution in [0.25, 0.3) is 10.8 Å². The van der Waals surface area contributed by atoms with Gasteiger partial charge < -0.3 is 30.4 Å². The van der Waals surface area contributed by atoms with E-state index in [1.807, 2.05) is 26.0 Å². The van der Waals surface area contributed by atoms with E-state index in [0.717, 1.165) is 30.6 Å². The predicted octanol–water partition coefficient (Wildman–Crippen LogP) is 7.63. The third kappa shape index (κ3) is 12.9. The van der Waals surface area contributed by atoms with Gasteiger partial charge in [0.25, 0.3) is 0 Å². The third-order valence-electron chi connectivity index (χ3n) is 9.36. The number of aliphatic hydroxyl groups excluding tert-OH is 1. The Morgan fingerprint density at radius 1 is 0.875 bits per heavy atom. The van der Waals surface area contributed by atoms with Crippen molar-refractivity contribution in [2.24, 2.45) is 34.8 Å². The van der Waals surface area contributed by atoms with E-state index in [1.165, 1.54) is 16.3 Å². The van der Waals surface area contributed by atoms with Crippen molar-refractivity contribution in [3.8, 4) is 11.5 Å². The van der Waals surface area contributed by atoms with Gasteiger partial charge in [-0.05, 0) is 82.9 Å². The van der Waals surface area contributed by atoms with Gasteiger partial charge in [0.15, 0.2) is 11.5 Å². The minimum Gasteiger partial charge on any atom is -0.493 e. The van der Waals surface area contributed by atoms with Gasteiger partial charge in [-0.25, -0.2) is 0 Å². The van der Waals surface area contributed by atoms with Crippen LogP contribution in [0.3, 0.4) is 0 Å². The molecule has 0 aliphatic carbocycles. The summed E-state index contributed by atoms with van der Waals surface area (Å²) in [6.07, 6.45) is 2.66. The Balaban J connectivity index is 0.00000800. The van der Waals surface area contributed by atoms with Gasteiger partial charge in [0, 0.05) is 38.6 Å². The van der Waals surface area contributed by atoms with Crippen LogP contribution in [-0.4, -0.2) is 57.1 Å². The molecule has 0 saturated heterocycles. The van der Waals surface area contributed by atoms with Crippen LogP contribution < -0.4 is 20.5 Å². The van der Waals surface area contributed by atoms with E-state index in [2.05, 4.69) is 81.5 Å². The fourth-order valence-electron chi connectivity index (χ4n) is 6.29. The van der Waals surface area contributed by atoms with Crippen molar-refractivity contribution in [2.75, 3.05) is 34.0 Å². The van der Waals surface area contributed by atoms with E-state index < -0.39 is 12.1 Å². The van der Waals surface area contributed by atoms with Crippen LogP contribution in [0, 0.1) is 29.1 Å². The molecule has 0 aliphatic heterocycles. The number of rotatable bonds is 20. The second-order valence-corrected chi connectivity index (χ2v) is 14.7. The predicted molar refractivity (Wildman–Crippen MR) is 200 cm³/mol. The number of aliphatic hydroxyl groups is 1. The lowest BCUT2D eigenvalue weighted by atomic mass is 9.80. The standard InChI is InChI=1S/C40H60N2O5.ClH/c1-27(2)33(20-29-15-17-37(46-8)38(22-29)47-19-11-18-45-7)23-35(41)36(43)24-34(28(3)4)39(44)42-26-40(5,6)25-30-14-16-31-12-9-10-13-32(31)21-30;/h9-10,12-17,21-22,27-28,33-36,43H,11,18-20,23-26,41H2,1-8H3,(H,42,44);1H/t33-,34-,35-,36-;/m0./s1. The Morgan fingerprint density at radius 3 is 2.21 bits per heavy atom. The minimum atomic E-state index is -0.782. The molecule has 4 N–H and O–H groups in total. The van der Waals surface area contributed by atoms with Crippen LogP contribution in [0.4, 0.5) is 0 Å². The number of benzene rings is 3. The van der Waals surface area contributed by atoms with Gasteiger partial charge in [0.05, 0.1) is 19.8 Å². The highest BCUT2D eigenvalue weighted by atomic mass is 35.5. The van der Waals surface area contributed by atoms with Gasteiger partial charge in [-0.3, -0.25) is 4.79 Å². The lowest BCUT2D eigenvalue weighted by Gasteiger charge is -2.31. The van der Waals surface area contributed by atoms with E-state index in [4.69, 9.17) is 19.9 Å². The molecule has 0 saturated carbocycles. The SMILES string of the molecule is COCCCOc1cc(C[C@@H](C[C@H](N)[C@@H](O)C[C@H](C(=O)NCC(C)(C)Cc2ccc3ccccc3c2)C(C)C)C(C)C)ccc1OC.Cl. The summed E-state index contributed by atoms with van der Waals surface area (Å²) in [4.78, 5) is 13.5. The summed E-state index contributed by atoms with van der Waals surface area (Å²) in [7, 11) is 3.33. The molecule has 7 nitrogen and oxygen atoms in total. The fourth-order valence-corrected chi connectivity index (χ4v) is 6.29. The first-order valence-corrected chi connectivity index (χ1v) is 17.3. The molecular weight excluding hydrogens is 624 g/mol. The van der Waals surface area contributed by atoms with Crippen LogP contribution >= 0.6 is 12.4 Å². The maximum atomic E-state index is 13.5. The molecule has 48 heavy (non-hydrogen) atoms. The molecule has 0 aliphatic rings. The average molecular weight is 685 g/mol. The van der Waals surface area contributed by atoms with Crippen molar-refractivity contribution < 1.29 is 24.1 Å². The number of halogens is 1. The first-order valence-electron chi connectivity index (χ1n) is 17.3. The summed E-state index contributed by atoms with van der Waals surface area (Å²) < 4.78 is 16.7. The van der Waals surface area contributed by atoms with Gasteiger partial charge in [0.1, 0.15) is 0 Å². The monoisotopic (exact) mass is 684 g/mol. The molecule has 0 bridgehead atoms. The molecule has 0 aromatic heterocycles. The Hall–Kier alpha value is -2.84. The molecule has 0 unspecified atom stereocenters. The normalized spacial score (nSPS) is 14.3. The van der Waals surface area contributed by atoms with Crippen LogP contribution in [0.2, 0.25) is 0 Å². The molecular formula is C40H61ClN2O5. The Labute approximate surface area is 295 Å². The molecule has 0 heterocycles. The lowest BCUT2D eigenvalue weighted by Crippen LogP contribution is -2.44. The van der Waals surface area contributed by atoms with Crippen molar-refractivity contribution in [1.29, 1.82) is 0 Å². The number of carbonyl (C=O) groups excluding carboxylic acids is 1. The zero-order chi connectivity index (χ0) is 34.6. The maximum Gasteiger partial charge on any atom is 0.223 e. The molecule has 0 radical (unpaired) electrons. The summed E-state index contributed by atoms with van der Waals surface area (Å²) in [5.74, 6) is 1.75. The molecule has 3 rings (SSSR count). The summed E-state index contributed by atoms with van der Waals surface area (Å²) in [5, 5.41) is 17.0. The molecule has 0 fully saturated rings. The molecule has 0 spiro atoms. The number of ether oxygens (including phenoxy) is 3. The molecule has 8 heteroatoms. The van der Waals surface area contributed by atoms with E-state index in [0.29, 0.717) is 44.3 Å². The topological polar surface area (TPSA) is 103 Å². The number of methoxy groups -OCH3 is 2. The summed E-state index contributed by atoms with van der Waals surface area (Å²) in [6.45, 7) is 14.6. The number of amides is 1. The fraction of sp³-hybridized carbons (Fsp3) is 0.575. The average Bonchev–Trinajstić information content (AvgIpc) is 3.03. The van der Waals surface area contributed by atoms with Crippen molar-refractivity contribution in [2.45, 2.75) is 85.8 Å². The van der Waals surface area contributed by atoms with Gasteiger partial charge in [0.2, 0.25) is 5.91 Å². The number of fused-ring (bicyclic) bond motifs is 1. The van der Waals surface area contributed by atoms with Crippen molar-refractivity contribution in [1.82, 2.24) is 5.32 Å². The summed E-state index contributed by atoms with van der Waals surface area (Å²) in [5.41, 5.74) is 8.92. The van der Waals surface area contributed by atoms with Gasteiger partial charge in [-0.1, -0.05) is 90.1 Å². The number of hydrogen-bond donors (Lipinski definition) is 3. The lowest BCUT2D eigenvalue weighted by molar-refractivity contribution is -0.128. The van der Waals surface area contributed by atoms with Gasteiger partial charge >= 0.3 is 0 Å². The second kappa shape index (κ2) is 20.0. The Morgan fingerprint density at radius 2 is 1.56 bits per heavy atom. The first kappa shape index (κ1) is 41.3. The summed E-state index contributed by atoms with van der Waals surface area (Å²) in [6, 6.07) is 20.6. The quantitative estimate of drug-likeness (QED) is 0.106. The zero-order valence-corrected chi connectivity index (χ0v) is 31.3. The number of nitrogens with two attached hydrogens (primary N) is 1. The van der Waals surface area contributed by atoms with Crippen molar-refractivity contribution in [3.63, 3.8) is 0 Å². The molecule has 3 aromatic rings. The van der Waals surface area contributed by atoms with E-state index >= 15 is 0 Å². The molecule has 3 aromatic carbocycles. The van der Waals surface area contributed by atoms with Crippen LogP contribution in [0.15, 0.2) is 60.7 Å². The number of nitrogens with one attached hydrogen (secondary N) is 1. The highest BCUT2D eigenvalue weighted by molar-refractivity contribution is 5.85. The molecule has 268 valence electrons. The Kier molecular flexibility index (Phi) is 17.2. The smallest absolute Gasteiger partial charge is 0.223 e. The highest BCUT2D eigenvalue weighted by Gasteiger charge is 2.31. The minimum absolute atomic E-state index is 0. The Bertz CT molecular complexity index is 1400. The zero-order valence-electron chi connectivity index (χ0n) is 30.5. The molecule has 4 atom stereocenters. The second-order valence-electron chi connectivity index (χ2n) is 14.7. The summed E-state index contributed by atoms with van der Waals surface area (Å²) >= 11 is 0. The van der Waals surface area contributed by atoms with Gasteiger partial charge in [-0.15, -0.1) is 12.4 Å².